The number of fused-ring (bicyclic) bond motifs is 1. The van der Waals surface area contributed by atoms with Crippen molar-refractivity contribution < 1.29 is 37.3 Å². The van der Waals surface area contributed by atoms with Crippen LogP contribution in [-0.2, 0) is 30.5 Å². The summed E-state index contributed by atoms with van der Waals surface area (Å²) in [5, 5.41) is 15.8. The number of pyridine rings is 3. The first-order chi connectivity index (χ1) is 25.4. The highest BCUT2D eigenvalue weighted by molar-refractivity contribution is 6.35. The van der Waals surface area contributed by atoms with E-state index in [0.717, 1.165) is 41.4 Å². The van der Waals surface area contributed by atoms with Crippen LogP contribution in [0.25, 0.3) is 22.5 Å². The van der Waals surface area contributed by atoms with Gasteiger partial charge in [0.15, 0.2) is 0 Å². The fourth-order valence-electron chi connectivity index (χ4n) is 7.61. The van der Waals surface area contributed by atoms with Crippen molar-refractivity contribution in [2.45, 2.75) is 57.7 Å². The normalized spacial score (nSPS) is 18.4. The maximum absolute atomic E-state index is 14.3. The van der Waals surface area contributed by atoms with E-state index < -0.39 is 29.8 Å². The van der Waals surface area contributed by atoms with Crippen LogP contribution < -0.4 is 24.8 Å². The van der Waals surface area contributed by atoms with Gasteiger partial charge in [-0.2, -0.15) is 18.2 Å². The zero-order valence-electron chi connectivity index (χ0n) is 29.5. The van der Waals surface area contributed by atoms with Gasteiger partial charge in [0.1, 0.15) is 11.7 Å². The van der Waals surface area contributed by atoms with Crippen molar-refractivity contribution in [3.63, 3.8) is 0 Å². The Kier molecular flexibility index (Phi) is 10.2. The van der Waals surface area contributed by atoms with Crippen LogP contribution in [0.2, 0.25) is 5.02 Å². The van der Waals surface area contributed by atoms with E-state index in [1.54, 1.807) is 26.3 Å². The van der Waals surface area contributed by atoms with Crippen molar-refractivity contribution in [1.29, 1.82) is 0 Å². The quantitative estimate of drug-likeness (QED) is 0.164. The monoisotopic (exact) mass is 752 g/mol. The van der Waals surface area contributed by atoms with Gasteiger partial charge in [-0.05, 0) is 49.1 Å². The zero-order valence-corrected chi connectivity index (χ0v) is 30.3. The molecule has 3 aliphatic rings. The van der Waals surface area contributed by atoms with Gasteiger partial charge in [0.25, 0.3) is 0 Å². The standard InChI is InChI=1S/C38H40ClF3N6O5/c1-21(49)15-43-16-23-13-28(38(40,41)42)36(47-35(23)52-3)53-30-10-8-24-25(30)5-4-6-26(24)33-32(39)27(11-12-44-33)29-9-7-22(34(46-29)51-2)17-48-19-37(20-48)14-31(50)45-18-37/h4-7,9,11-13,21,30,43,49H,8,10,14-20H2,1-3H3,(H,45,50)/t21-,30+/m1/s1. The molecule has 0 saturated carbocycles. The van der Waals surface area contributed by atoms with Gasteiger partial charge in [-0.3, -0.25) is 14.7 Å². The fourth-order valence-corrected chi connectivity index (χ4v) is 7.92. The molecule has 280 valence electrons. The molecule has 1 aliphatic carbocycles. The van der Waals surface area contributed by atoms with Gasteiger partial charge in [-0.1, -0.05) is 35.9 Å². The van der Waals surface area contributed by atoms with Gasteiger partial charge in [0, 0.05) is 79.6 Å². The number of methoxy groups -OCH3 is 2. The molecule has 1 spiro atoms. The zero-order chi connectivity index (χ0) is 37.5. The van der Waals surface area contributed by atoms with Crippen molar-refractivity contribution in [3.8, 4) is 40.2 Å². The lowest BCUT2D eigenvalue weighted by Crippen LogP contribution is -2.56. The van der Waals surface area contributed by atoms with Crippen LogP contribution in [0, 0.1) is 5.41 Å². The van der Waals surface area contributed by atoms with Crippen LogP contribution >= 0.6 is 11.6 Å². The van der Waals surface area contributed by atoms with Crippen molar-refractivity contribution in [2.75, 3.05) is 40.4 Å². The number of hydrogen-bond donors (Lipinski definition) is 3. The molecule has 4 aromatic rings. The van der Waals surface area contributed by atoms with E-state index in [2.05, 4.69) is 25.5 Å². The van der Waals surface area contributed by atoms with Crippen LogP contribution in [0.15, 0.2) is 48.7 Å². The fraction of sp³-hybridized carbons (Fsp3) is 0.421. The maximum Gasteiger partial charge on any atom is 0.421 e. The second-order valence-electron chi connectivity index (χ2n) is 14.0. The number of carbonyl (C=O) groups excluding carboxylic acids is 1. The first kappa shape index (κ1) is 36.8. The Morgan fingerprint density at radius 3 is 2.55 bits per heavy atom. The van der Waals surface area contributed by atoms with Crippen LogP contribution in [0.4, 0.5) is 13.2 Å². The first-order valence-corrected chi connectivity index (χ1v) is 17.8. The van der Waals surface area contributed by atoms with Gasteiger partial charge in [-0.25, -0.2) is 4.98 Å². The van der Waals surface area contributed by atoms with Gasteiger partial charge < -0.3 is 30.0 Å². The molecule has 7 rings (SSSR count). The molecule has 0 radical (unpaired) electrons. The molecular weight excluding hydrogens is 713 g/mol. The van der Waals surface area contributed by atoms with E-state index in [9.17, 15) is 23.1 Å². The number of benzene rings is 1. The smallest absolute Gasteiger partial charge is 0.421 e. The summed E-state index contributed by atoms with van der Waals surface area (Å²) >= 11 is 7.07. The highest BCUT2D eigenvalue weighted by Crippen LogP contribution is 2.46. The average molecular weight is 753 g/mol. The summed E-state index contributed by atoms with van der Waals surface area (Å²) in [4.78, 5) is 27.6. The molecule has 3 aromatic heterocycles. The number of ether oxygens (including phenoxy) is 3. The number of carbonyl (C=O) groups is 1. The van der Waals surface area contributed by atoms with E-state index in [0.29, 0.717) is 60.2 Å². The number of aliphatic hydroxyl groups is 1. The average Bonchev–Trinajstić information content (AvgIpc) is 3.71. The maximum atomic E-state index is 14.3. The van der Waals surface area contributed by atoms with E-state index in [1.807, 2.05) is 30.3 Å². The molecule has 2 saturated heterocycles. The van der Waals surface area contributed by atoms with E-state index >= 15 is 0 Å². The third-order valence-electron chi connectivity index (χ3n) is 10.0. The molecule has 0 bridgehead atoms. The molecule has 2 fully saturated rings. The SMILES string of the molecule is COc1nc(-c2ccnc(-c3cccc4c3CC[C@@H]4Oc3nc(OC)c(CNC[C@@H](C)O)cc3C(F)(F)F)c2Cl)ccc1CN1CC2(CNC(=O)C2)C1. The number of aromatic nitrogens is 3. The molecule has 1 aromatic carbocycles. The second-order valence-corrected chi connectivity index (χ2v) is 14.4. The molecule has 2 atom stereocenters. The molecule has 2 aliphatic heterocycles. The van der Waals surface area contributed by atoms with E-state index in [4.69, 9.17) is 30.8 Å². The summed E-state index contributed by atoms with van der Waals surface area (Å²) in [5.41, 5.74) is 4.22. The third-order valence-corrected chi connectivity index (χ3v) is 10.4. The summed E-state index contributed by atoms with van der Waals surface area (Å²) in [7, 11) is 2.91. The van der Waals surface area contributed by atoms with Crippen molar-refractivity contribution in [2.24, 2.45) is 5.41 Å². The van der Waals surface area contributed by atoms with Crippen molar-refractivity contribution >= 4 is 17.5 Å². The van der Waals surface area contributed by atoms with Crippen molar-refractivity contribution in [3.05, 3.63) is 81.5 Å². The number of likely N-dealkylation sites (tertiary alicyclic amines) is 1. The topological polar surface area (TPSA) is 131 Å². The highest BCUT2D eigenvalue weighted by Gasteiger charge is 2.48. The lowest BCUT2D eigenvalue weighted by molar-refractivity contribution is -0.139. The number of rotatable bonds is 12. The van der Waals surface area contributed by atoms with Crippen LogP contribution in [0.1, 0.15) is 53.7 Å². The minimum Gasteiger partial charge on any atom is -0.481 e. The molecule has 3 N–H and O–H groups in total. The number of nitrogens with zero attached hydrogens (tertiary/aromatic N) is 4. The highest BCUT2D eigenvalue weighted by atomic mass is 35.5. The molecule has 1 amide bonds. The Hall–Kier alpha value is -4.50. The predicted octanol–water partition coefficient (Wildman–Crippen LogP) is 5.75. The van der Waals surface area contributed by atoms with Crippen LogP contribution in [0.5, 0.6) is 17.6 Å². The lowest BCUT2D eigenvalue weighted by Gasteiger charge is -2.47. The minimum absolute atomic E-state index is 0.00242. The first-order valence-electron chi connectivity index (χ1n) is 17.4. The number of hydrogen-bond acceptors (Lipinski definition) is 10. The van der Waals surface area contributed by atoms with Crippen LogP contribution in [-0.4, -0.2) is 77.4 Å². The third kappa shape index (κ3) is 7.50. The lowest BCUT2D eigenvalue weighted by atomic mass is 9.79. The van der Waals surface area contributed by atoms with E-state index in [-0.39, 0.29) is 35.9 Å². The van der Waals surface area contributed by atoms with Gasteiger partial charge in [0.05, 0.1) is 36.7 Å². The molecule has 11 nitrogen and oxygen atoms in total. The molecule has 0 unspecified atom stereocenters. The summed E-state index contributed by atoms with van der Waals surface area (Å²) < 4.78 is 60.1. The molecular formula is C38H40ClF3N6O5. The summed E-state index contributed by atoms with van der Waals surface area (Å²) in [6.45, 7) is 4.78. The Morgan fingerprint density at radius 2 is 1.85 bits per heavy atom. The number of amides is 1. The Bertz CT molecular complexity index is 2020. The number of nitrogens with one attached hydrogen (secondary N) is 2. The Morgan fingerprint density at radius 1 is 1.08 bits per heavy atom. The number of alkyl halides is 3. The Labute approximate surface area is 309 Å². The van der Waals surface area contributed by atoms with Crippen LogP contribution in [0.3, 0.4) is 0 Å². The van der Waals surface area contributed by atoms with Crippen molar-refractivity contribution in [1.82, 2.24) is 30.5 Å². The summed E-state index contributed by atoms with van der Waals surface area (Å²) in [5.74, 6) is 0.00991. The van der Waals surface area contributed by atoms with Gasteiger partial charge in [-0.15, -0.1) is 0 Å². The molecule has 5 heterocycles. The predicted molar refractivity (Wildman–Crippen MR) is 191 cm³/mol. The number of halogens is 4. The minimum atomic E-state index is -4.74. The summed E-state index contributed by atoms with van der Waals surface area (Å²) in [6, 6.07) is 12.2. The molecule has 53 heavy (non-hydrogen) atoms. The van der Waals surface area contributed by atoms with Gasteiger partial charge in [0.2, 0.25) is 23.5 Å². The largest absolute Gasteiger partial charge is 0.481 e. The molecule has 15 heteroatoms. The Balaban J connectivity index is 1.13. The van der Waals surface area contributed by atoms with E-state index in [1.165, 1.54) is 7.11 Å². The number of aliphatic hydroxyl groups excluding tert-OH is 1. The second kappa shape index (κ2) is 14.7. The summed E-state index contributed by atoms with van der Waals surface area (Å²) in [6.07, 6.45) is -2.99. The van der Waals surface area contributed by atoms with Gasteiger partial charge >= 0.3 is 6.18 Å².